The van der Waals surface area contributed by atoms with Crippen LogP contribution < -0.4 is 16.4 Å². The van der Waals surface area contributed by atoms with Crippen LogP contribution in [-0.4, -0.2) is 47.3 Å². The van der Waals surface area contributed by atoms with E-state index in [2.05, 4.69) is 22.4 Å². The van der Waals surface area contributed by atoms with Crippen LogP contribution in [0.4, 0.5) is 0 Å². The molecule has 1 fully saturated rings. The van der Waals surface area contributed by atoms with Gasteiger partial charge in [0.25, 0.3) is 11.1 Å². The van der Waals surface area contributed by atoms with Crippen molar-refractivity contribution in [2.75, 3.05) is 26.7 Å². The molecule has 0 saturated carbocycles. The largest absolute Gasteiger partial charge is 0.354 e. The van der Waals surface area contributed by atoms with E-state index in [9.17, 15) is 14.4 Å². The number of nitrogens with one attached hydrogen (secondary N) is 2. The number of aromatic nitrogens is 2. The highest BCUT2D eigenvalue weighted by Crippen LogP contribution is 2.17. The lowest BCUT2D eigenvalue weighted by molar-refractivity contribution is -0.122. The van der Waals surface area contributed by atoms with Gasteiger partial charge in [-0.2, -0.15) is 0 Å². The van der Waals surface area contributed by atoms with Crippen molar-refractivity contribution in [1.82, 2.24) is 20.0 Å². The van der Waals surface area contributed by atoms with Gasteiger partial charge in [0.2, 0.25) is 5.91 Å². The standard InChI is InChI=1S/C14H22N4O3/c1-17-8-2-3-11(9-17)6-7-15-13(20)10-18-14(21)5-4-12(19)16-18/h4-5,11H,2-3,6-10H2,1H3,(H,15,20)(H,16,19)/t11-/m1/s1. The smallest absolute Gasteiger partial charge is 0.265 e. The molecule has 7 nitrogen and oxygen atoms in total. The Morgan fingerprint density at radius 1 is 1.43 bits per heavy atom. The van der Waals surface area contributed by atoms with E-state index in [1.54, 1.807) is 0 Å². The fourth-order valence-corrected chi connectivity index (χ4v) is 2.70. The SMILES string of the molecule is CN1CCC[C@H](CCNC(=O)Cn2[nH]c(=O)ccc2=O)C1. The quantitative estimate of drug-likeness (QED) is 0.758. The Morgan fingerprint density at radius 3 is 3.00 bits per heavy atom. The maximum Gasteiger partial charge on any atom is 0.265 e. The Balaban J connectivity index is 1.76. The van der Waals surface area contributed by atoms with Crippen molar-refractivity contribution in [3.8, 4) is 0 Å². The summed E-state index contributed by atoms with van der Waals surface area (Å²) < 4.78 is 1.02. The second-order valence-electron chi connectivity index (χ2n) is 5.64. The van der Waals surface area contributed by atoms with E-state index in [-0.39, 0.29) is 12.5 Å². The first-order chi connectivity index (χ1) is 10.0. The molecule has 1 atom stereocenters. The summed E-state index contributed by atoms with van der Waals surface area (Å²) in [6.45, 7) is 2.66. The molecule has 1 aromatic heterocycles. The normalized spacial score (nSPS) is 19.4. The summed E-state index contributed by atoms with van der Waals surface area (Å²) in [6, 6.07) is 2.31. The van der Waals surface area contributed by atoms with Crippen molar-refractivity contribution >= 4 is 5.91 Å². The third-order valence-corrected chi connectivity index (χ3v) is 3.79. The molecule has 116 valence electrons. The second kappa shape index (κ2) is 7.21. The first kappa shape index (κ1) is 15.5. The number of aromatic amines is 1. The van der Waals surface area contributed by atoms with Crippen LogP contribution in [0.25, 0.3) is 0 Å². The van der Waals surface area contributed by atoms with E-state index in [0.29, 0.717) is 12.5 Å². The number of carbonyl (C=O) groups is 1. The molecule has 2 N–H and O–H groups in total. The summed E-state index contributed by atoms with van der Waals surface area (Å²) in [5.74, 6) is 0.353. The molecular formula is C14H22N4O3. The number of H-pyrrole nitrogens is 1. The van der Waals surface area contributed by atoms with Gasteiger partial charge in [-0.25, -0.2) is 4.68 Å². The molecule has 1 aliphatic heterocycles. The highest BCUT2D eigenvalue weighted by atomic mass is 16.2. The number of rotatable bonds is 5. The first-order valence-electron chi connectivity index (χ1n) is 7.30. The summed E-state index contributed by atoms with van der Waals surface area (Å²) in [7, 11) is 2.11. The van der Waals surface area contributed by atoms with Crippen LogP contribution in [0, 0.1) is 5.92 Å². The van der Waals surface area contributed by atoms with Crippen LogP contribution in [0.3, 0.4) is 0 Å². The first-order valence-corrected chi connectivity index (χ1v) is 7.30. The fraction of sp³-hybridized carbons (Fsp3) is 0.643. The summed E-state index contributed by atoms with van der Waals surface area (Å²) in [4.78, 5) is 36.7. The number of amides is 1. The van der Waals surface area contributed by atoms with E-state index in [1.807, 2.05) is 0 Å². The van der Waals surface area contributed by atoms with Crippen molar-refractivity contribution in [2.24, 2.45) is 5.92 Å². The highest BCUT2D eigenvalue weighted by Gasteiger charge is 2.16. The van der Waals surface area contributed by atoms with Crippen molar-refractivity contribution in [2.45, 2.75) is 25.8 Å². The van der Waals surface area contributed by atoms with Crippen molar-refractivity contribution in [3.63, 3.8) is 0 Å². The Bertz CT molecular complexity index is 592. The number of likely N-dealkylation sites (tertiary alicyclic amines) is 1. The van der Waals surface area contributed by atoms with E-state index in [0.717, 1.165) is 36.3 Å². The number of hydrogen-bond acceptors (Lipinski definition) is 4. The predicted molar refractivity (Wildman–Crippen MR) is 79.2 cm³/mol. The van der Waals surface area contributed by atoms with Crippen molar-refractivity contribution < 1.29 is 4.79 Å². The Morgan fingerprint density at radius 2 is 2.24 bits per heavy atom. The molecule has 1 aliphatic rings. The maximum atomic E-state index is 11.8. The van der Waals surface area contributed by atoms with E-state index < -0.39 is 11.1 Å². The van der Waals surface area contributed by atoms with Gasteiger partial charge in [0, 0.05) is 25.2 Å². The lowest BCUT2D eigenvalue weighted by Gasteiger charge is -2.29. The van der Waals surface area contributed by atoms with Crippen LogP contribution >= 0.6 is 0 Å². The van der Waals surface area contributed by atoms with Gasteiger partial charge in [-0.15, -0.1) is 0 Å². The monoisotopic (exact) mass is 294 g/mol. The molecule has 0 aliphatic carbocycles. The highest BCUT2D eigenvalue weighted by molar-refractivity contribution is 5.75. The molecule has 0 radical (unpaired) electrons. The maximum absolute atomic E-state index is 11.8. The fourth-order valence-electron chi connectivity index (χ4n) is 2.70. The molecule has 0 unspecified atom stereocenters. The van der Waals surface area contributed by atoms with E-state index >= 15 is 0 Å². The van der Waals surface area contributed by atoms with Crippen LogP contribution in [-0.2, 0) is 11.3 Å². The molecule has 21 heavy (non-hydrogen) atoms. The topological polar surface area (TPSA) is 87.2 Å². The molecule has 0 aromatic carbocycles. The van der Waals surface area contributed by atoms with Gasteiger partial charge in [0.05, 0.1) is 0 Å². The lowest BCUT2D eigenvalue weighted by atomic mass is 9.95. The van der Waals surface area contributed by atoms with Gasteiger partial charge in [0.1, 0.15) is 6.54 Å². The zero-order valence-corrected chi connectivity index (χ0v) is 12.3. The number of hydrogen-bond donors (Lipinski definition) is 2. The minimum atomic E-state index is -0.396. The number of nitrogens with zero attached hydrogens (tertiary/aromatic N) is 2. The van der Waals surface area contributed by atoms with E-state index in [4.69, 9.17) is 0 Å². The summed E-state index contributed by atoms with van der Waals surface area (Å²) >= 11 is 0. The van der Waals surface area contributed by atoms with Crippen LogP contribution in [0.15, 0.2) is 21.7 Å². The Labute approximate surface area is 122 Å². The molecule has 1 saturated heterocycles. The minimum absolute atomic E-state index is 0.153. The molecule has 1 amide bonds. The summed E-state index contributed by atoms with van der Waals surface area (Å²) in [5.41, 5.74) is -0.786. The average Bonchev–Trinajstić information content (AvgIpc) is 2.43. The third-order valence-electron chi connectivity index (χ3n) is 3.79. The summed E-state index contributed by atoms with van der Waals surface area (Å²) in [5, 5.41) is 5.13. The van der Waals surface area contributed by atoms with Gasteiger partial charge in [-0.3, -0.25) is 19.5 Å². The molecule has 2 rings (SSSR count). The number of piperidine rings is 1. The summed E-state index contributed by atoms with van der Waals surface area (Å²) in [6.07, 6.45) is 3.34. The van der Waals surface area contributed by atoms with Gasteiger partial charge in [0.15, 0.2) is 0 Å². The predicted octanol–water partition coefficient (Wildman–Crippen LogP) is -0.615. The van der Waals surface area contributed by atoms with Crippen LogP contribution in [0.1, 0.15) is 19.3 Å². The van der Waals surface area contributed by atoms with Gasteiger partial charge in [-0.1, -0.05) is 0 Å². The second-order valence-corrected chi connectivity index (χ2v) is 5.64. The van der Waals surface area contributed by atoms with Crippen molar-refractivity contribution in [1.29, 1.82) is 0 Å². The molecule has 1 aromatic rings. The Kier molecular flexibility index (Phi) is 5.32. The zero-order chi connectivity index (χ0) is 15.2. The van der Waals surface area contributed by atoms with Crippen molar-refractivity contribution in [3.05, 3.63) is 32.8 Å². The van der Waals surface area contributed by atoms with E-state index in [1.165, 1.54) is 12.8 Å². The van der Waals surface area contributed by atoms with Gasteiger partial charge >= 0.3 is 0 Å². The van der Waals surface area contributed by atoms with Gasteiger partial charge in [-0.05, 0) is 38.8 Å². The molecule has 2 heterocycles. The minimum Gasteiger partial charge on any atom is -0.354 e. The molecule has 0 spiro atoms. The van der Waals surface area contributed by atoms with Crippen LogP contribution in [0.5, 0.6) is 0 Å². The zero-order valence-electron chi connectivity index (χ0n) is 12.3. The molecular weight excluding hydrogens is 272 g/mol. The molecule has 0 bridgehead atoms. The van der Waals surface area contributed by atoms with Gasteiger partial charge < -0.3 is 10.2 Å². The average molecular weight is 294 g/mol. The number of carbonyl (C=O) groups excluding carboxylic acids is 1. The molecule has 7 heteroatoms. The van der Waals surface area contributed by atoms with Crippen LogP contribution in [0.2, 0.25) is 0 Å². The lowest BCUT2D eigenvalue weighted by Crippen LogP contribution is -2.38. The Hall–Kier alpha value is -1.89. The third kappa shape index (κ3) is 4.86.